The normalized spacial score (nSPS) is 13.7. The molecule has 0 saturated heterocycles. The highest BCUT2D eigenvalue weighted by Gasteiger charge is 2.21. The summed E-state index contributed by atoms with van der Waals surface area (Å²) < 4.78 is 26.4. The molecule has 0 saturated carbocycles. The molecule has 7 heteroatoms. The van der Waals surface area contributed by atoms with Crippen LogP contribution in [0.3, 0.4) is 0 Å². The molecule has 0 aliphatic heterocycles. The Balaban J connectivity index is 2.74. The highest BCUT2D eigenvalue weighted by molar-refractivity contribution is 7.89. The maximum atomic E-state index is 12.0. The summed E-state index contributed by atoms with van der Waals surface area (Å²) in [5, 5.41) is 9.91. The van der Waals surface area contributed by atoms with Crippen molar-refractivity contribution in [1.29, 1.82) is 0 Å². The van der Waals surface area contributed by atoms with Crippen molar-refractivity contribution in [2.24, 2.45) is 5.92 Å². The predicted octanol–water partition coefficient (Wildman–Crippen LogP) is 0.739. The van der Waals surface area contributed by atoms with Crippen LogP contribution in [0, 0.1) is 5.92 Å². The molecule has 0 bridgehead atoms. The minimum atomic E-state index is -3.73. The van der Waals surface area contributed by atoms with E-state index in [-0.39, 0.29) is 23.2 Å². The minimum absolute atomic E-state index is 0.0248. The molecule has 0 aliphatic rings. The average molecular weight is 287 g/mol. The van der Waals surface area contributed by atoms with Gasteiger partial charge in [0.25, 0.3) is 0 Å². The highest BCUT2D eigenvalue weighted by Crippen LogP contribution is 2.16. The third-order valence-corrected chi connectivity index (χ3v) is 4.64. The molecule has 4 N–H and O–H groups in total. The number of rotatable bonds is 7. The Bertz CT molecular complexity index is 501. The molecule has 1 atom stereocenters. The largest absolute Gasteiger partial charge is 0.391 e. The van der Waals surface area contributed by atoms with Gasteiger partial charge in [-0.25, -0.2) is 18.1 Å². The number of sulfonamides is 1. The first-order valence-electron chi connectivity index (χ1n) is 6.30. The molecule has 19 heavy (non-hydrogen) atoms. The van der Waals surface area contributed by atoms with Crippen LogP contribution >= 0.6 is 0 Å². The molecule has 0 aromatic carbocycles. The van der Waals surface area contributed by atoms with Gasteiger partial charge >= 0.3 is 0 Å². The van der Waals surface area contributed by atoms with Crippen LogP contribution in [-0.4, -0.2) is 31.2 Å². The van der Waals surface area contributed by atoms with Gasteiger partial charge in [0.15, 0.2) is 0 Å². The van der Waals surface area contributed by atoms with Gasteiger partial charge in [0.2, 0.25) is 10.0 Å². The number of nitrogens with two attached hydrogens (primary N) is 1. The standard InChI is InChI=1S/C12H21N3O3S/c1-3-9(4-2)10(16)8-15-19(17,18)11-6-5-7-14-12(11)13/h5-7,9-10,15-16H,3-4,8H2,1-2H3,(H2,13,14). The van der Waals surface area contributed by atoms with E-state index in [1.165, 1.54) is 18.3 Å². The number of hydrogen-bond acceptors (Lipinski definition) is 5. The Kier molecular flexibility index (Phi) is 5.71. The molecular formula is C12H21N3O3S. The monoisotopic (exact) mass is 287 g/mol. The molecule has 0 aliphatic carbocycles. The summed E-state index contributed by atoms with van der Waals surface area (Å²) in [5.41, 5.74) is 5.53. The fraction of sp³-hybridized carbons (Fsp3) is 0.583. The molecule has 108 valence electrons. The van der Waals surface area contributed by atoms with Crippen LogP contribution in [0.4, 0.5) is 5.82 Å². The van der Waals surface area contributed by atoms with E-state index < -0.39 is 16.1 Å². The van der Waals surface area contributed by atoms with E-state index in [9.17, 15) is 13.5 Å². The molecule has 1 unspecified atom stereocenters. The second-order valence-electron chi connectivity index (χ2n) is 4.38. The number of nitrogens with one attached hydrogen (secondary N) is 1. The summed E-state index contributed by atoms with van der Waals surface area (Å²) in [4.78, 5) is 3.67. The minimum Gasteiger partial charge on any atom is -0.391 e. The van der Waals surface area contributed by atoms with Gasteiger partial charge in [-0.05, 0) is 18.1 Å². The van der Waals surface area contributed by atoms with Gasteiger partial charge in [-0.2, -0.15) is 0 Å². The van der Waals surface area contributed by atoms with E-state index in [0.717, 1.165) is 12.8 Å². The van der Waals surface area contributed by atoms with E-state index in [1.54, 1.807) is 0 Å². The molecule has 1 rings (SSSR count). The Labute approximate surface area is 114 Å². The molecule has 0 fully saturated rings. The summed E-state index contributed by atoms with van der Waals surface area (Å²) in [5.74, 6) is 0.0287. The van der Waals surface area contributed by atoms with Crippen molar-refractivity contribution in [2.75, 3.05) is 12.3 Å². The van der Waals surface area contributed by atoms with Crippen LogP contribution in [0.25, 0.3) is 0 Å². The zero-order chi connectivity index (χ0) is 14.5. The van der Waals surface area contributed by atoms with Gasteiger partial charge < -0.3 is 10.8 Å². The number of pyridine rings is 1. The number of aromatic nitrogens is 1. The number of aliphatic hydroxyl groups is 1. The first-order valence-corrected chi connectivity index (χ1v) is 7.78. The van der Waals surface area contributed by atoms with Crippen LogP contribution in [0.5, 0.6) is 0 Å². The van der Waals surface area contributed by atoms with Gasteiger partial charge in [0.05, 0.1) is 6.10 Å². The zero-order valence-electron chi connectivity index (χ0n) is 11.2. The van der Waals surface area contributed by atoms with Crippen molar-refractivity contribution < 1.29 is 13.5 Å². The van der Waals surface area contributed by atoms with E-state index in [2.05, 4.69) is 9.71 Å². The molecule has 1 aromatic heterocycles. The fourth-order valence-electron chi connectivity index (χ4n) is 1.90. The summed E-state index contributed by atoms with van der Waals surface area (Å²) in [6.07, 6.45) is 2.32. The average Bonchev–Trinajstić information content (AvgIpc) is 2.38. The lowest BCUT2D eigenvalue weighted by molar-refractivity contribution is 0.107. The fourth-order valence-corrected chi connectivity index (χ4v) is 3.03. The third kappa shape index (κ3) is 4.15. The molecule has 0 radical (unpaired) electrons. The van der Waals surface area contributed by atoms with Crippen molar-refractivity contribution in [2.45, 2.75) is 37.7 Å². The van der Waals surface area contributed by atoms with Crippen molar-refractivity contribution in [1.82, 2.24) is 9.71 Å². The highest BCUT2D eigenvalue weighted by atomic mass is 32.2. The van der Waals surface area contributed by atoms with Crippen LogP contribution in [0.1, 0.15) is 26.7 Å². The Hall–Kier alpha value is -1.18. The molecular weight excluding hydrogens is 266 g/mol. The quantitative estimate of drug-likeness (QED) is 0.686. The number of nitrogens with zero attached hydrogens (tertiary/aromatic N) is 1. The number of nitrogen functional groups attached to an aromatic ring is 1. The lowest BCUT2D eigenvalue weighted by atomic mass is 9.97. The molecule has 0 amide bonds. The second-order valence-corrected chi connectivity index (χ2v) is 6.12. The van der Waals surface area contributed by atoms with Crippen LogP contribution in [0.2, 0.25) is 0 Å². The lowest BCUT2D eigenvalue weighted by Gasteiger charge is -2.20. The second kappa shape index (κ2) is 6.83. The maximum absolute atomic E-state index is 12.0. The first-order chi connectivity index (χ1) is 8.92. The SMILES string of the molecule is CCC(CC)C(O)CNS(=O)(=O)c1cccnc1N. The number of hydrogen-bond donors (Lipinski definition) is 3. The van der Waals surface area contributed by atoms with Crippen LogP contribution in [0.15, 0.2) is 23.2 Å². The Morgan fingerprint density at radius 3 is 2.58 bits per heavy atom. The van der Waals surface area contributed by atoms with Gasteiger partial charge in [0.1, 0.15) is 10.7 Å². The van der Waals surface area contributed by atoms with Crippen molar-refractivity contribution in [3.63, 3.8) is 0 Å². The molecule has 6 nitrogen and oxygen atoms in total. The van der Waals surface area contributed by atoms with E-state index in [0.29, 0.717) is 0 Å². The topological polar surface area (TPSA) is 105 Å². The number of aliphatic hydroxyl groups excluding tert-OH is 1. The third-order valence-electron chi connectivity index (χ3n) is 3.16. The van der Waals surface area contributed by atoms with Crippen LogP contribution in [-0.2, 0) is 10.0 Å². The van der Waals surface area contributed by atoms with Crippen molar-refractivity contribution in [3.8, 4) is 0 Å². The lowest BCUT2D eigenvalue weighted by Crippen LogP contribution is -2.36. The maximum Gasteiger partial charge on any atom is 0.244 e. The molecule has 1 aromatic rings. The summed E-state index contributed by atoms with van der Waals surface area (Å²) in [6.45, 7) is 3.90. The smallest absolute Gasteiger partial charge is 0.244 e. The van der Waals surface area contributed by atoms with Gasteiger partial charge in [-0.15, -0.1) is 0 Å². The van der Waals surface area contributed by atoms with Crippen molar-refractivity contribution in [3.05, 3.63) is 18.3 Å². The molecule has 1 heterocycles. The zero-order valence-corrected chi connectivity index (χ0v) is 12.0. The van der Waals surface area contributed by atoms with Gasteiger partial charge in [0, 0.05) is 12.7 Å². The first kappa shape index (κ1) is 15.9. The van der Waals surface area contributed by atoms with Crippen LogP contribution < -0.4 is 10.5 Å². The summed E-state index contributed by atoms with van der Waals surface area (Å²) in [6, 6.07) is 2.89. The van der Waals surface area contributed by atoms with Crippen molar-refractivity contribution >= 4 is 15.8 Å². The van der Waals surface area contributed by atoms with Gasteiger partial charge in [-0.1, -0.05) is 26.7 Å². The van der Waals surface area contributed by atoms with E-state index in [1.807, 2.05) is 13.8 Å². The Morgan fingerprint density at radius 1 is 1.42 bits per heavy atom. The van der Waals surface area contributed by atoms with Gasteiger partial charge in [-0.3, -0.25) is 0 Å². The summed E-state index contributed by atoms with van der Waals surface area (Å²) in [7, 11) is -3.73. The van der Waals surface area contributed by atoms with E-state index >= 15 is 0 Å². The number of anilines is 1. The molecule has 0 spiro atoms. The van der Waals surface area contributed by atoms with E-state index in [4.69, 9.17) is 5.73 Å². The predicted molar refractivity (Wildman–Crippen MR) is 73.9 cm³/mol. The summed E-state index contributed by atoms with van der Waals surface area (Å²) >= 11 is 0. The Morgan fingerprint density at radius 2 is 2.05 bits per heavy atom.